The lowest BCUT2D eigenvalue weighted by Crippen LogP contribution is -2.11. The summed E-state index contributed by atoms with van der Waals surface area (Å²) < 4.78 is 14.2. The highest BCUT2D eigenvalue weighted by molar-refractivity contribution is 5.83. The third-order valence-corrected chi connectivity index (χ3v) is 3.73. The predicted molar refractivity (Wildman–Crippen MR) is 94.0 cm³/mol. The van der Waals surface area contributed by atoms with Crippen molar-refractivity contribution in [2.75, 3.05) is 13.6 Å². The molecule has 0 bridgehead atoms. The Morgan fingerprint density at radius 2 is 1.92 bits per heavy atom. The van der Waals surface area contributed by atoms with Crippen molar-refractivity contribution in [2.45, 2.75) is 26.2 Å². The number of carbonyl (C=O) groups is 1. The highest BCUT2D eigenvalue weighted by Gasteiger charge is 2.12. The Morgan fingerprint density at radius 1 is 1.17 bits per heavy atom. The van der Waals surface area contributed by atoms with Crippen molar-refractivity contribution in [2.24, 2.45) is 0 Å². The van der Waals surface area contributed by atoms with Crippen LogP contribution in [0, 0.1) is 5.82 Å². The molecular weight excluding hydrogens is 305 g/mol. The van der Waals surface area contributed by atoms with Crippen molar-refractivity contribution in [3.05, 3.63) is 53.7 Å². The van der Waals surface area contributed by atoms with E-state index in [9.17, 15) is 9.18 Å². The summed E-state index contributed by atoms with van der Waals surface area (Å²) in [5.74, 6) is -0.199. The summed E-state index contributed by atoms with van der Waals surface area (Å²) in [5, 5.41) is 0. The van der Waals surface area contributed by atoms with Crippen LogP contribution in [-0.4, -0.2) is 34.7 Å². The van der Waals surface area contributed by atoms with Gasteiger partial charge in [0.2, 0.25) is 0 Å². The molecule has 0 radical (unpaired) electrons. The number of aromatic nitrogens is 2. The maximum Gasteiger partial charge on any atom is 0.162 e. The van der Waals surface area contributed by atoms with Crippen LogP contribution in [0.25, 0.3) is 17.5 Å². The molecule has 4 nitrogen and oxygen atoms in total. The maximum absolute atomic E-state index is 14.2. The number of nitrogens with zero attached hydrogens (tertiary/aromatic N) is 3. The van der Waals surface area contributed by atoms with Crippen molar-refractivity contribution in [1.82, 2.24) is 14.9 Å². The van der Waals surface area contributed by atoms with Crippen molar-refractivity contribution in [3.63, 3.8) is 0 Å². The van der Waals surface area contributed by atoms with E-state index in [1.165, 1.54) is 18.9 Å². The predicted octanol–water partition coefficient (Wildman–Crippen LogP) is 4.19. The average Bonchev–Trinajstić information content (AvgIpc) is 2.61. The molecule has 0 N–H and O–H groups in total. The average molecular weight is 327 g/mol. The molecule has 126 valence electrons. The van der Waals surface area contributed by atoms with Crippen LogP contribution in [0.2, 0.25) is 0 Å². The SMILES string of the molecule is CCCCCN(C)/C=C\c1cc(-c2ncccn2)c(F)cc1C=O. The monoisotopic (exact) mass is 327 g/mol. The van der Waals surface area contributed by atoms with Gasteiger partial charge < -0.3 is 4.90 Å². The van der Waals surface area contributed by atoms with Crippen molar-refractivity contribution >= 4 is 12.4 Å². The van der Waals surface area contributed by atoms with Gasteiger partial charge in [-0.3, -0.25) is 4.79 Å². The molecule has 5 heteroatoms. The van der Waals surface area contributed by atoms with Gasteiger partial charge in [-0.05, 0) is 42.5 Å². The van der Waals surface area contributed by atoms with Gasteiger partial charge in [-0.25, -0.2) is 14.4 Å². The van der Waals surface area contributed by atoms with Crippen LogP contribution in [0.3, 0.4) is 0 Å². The molecule has 0 aliphatic heterocycles. The standard InChI is InChI=1S/C19H22FN3O/c1-3-4-5-10-23(2)11-7-15-12-17(18(20)13-16(15)14-24)19-21-8-6-9-22-19/h6-9,11-14H,3-5,10H2,1-2H3/b11-7-. The molecule has 2 aromatic rings. The van der Waals surface area contributed by atoms with Crippen molar-refractivity contribution in [1.29, 1.82) is 0 Å². The van der Waals surface area contributed by atoms with Gasteiger partial charge in [-0.15, -0.1) is 0 Å². The van der Waals surface area contributed by atoms with E-state index in [-0.39, 0.29) is 5.56 Å². The summed E-state index contributed by atoms with van der Waals surface area (Å²) in [5.41, 5.74) is 1.25. The number of carbonyl (C=O) groups excluding carboxylic acids is 1. The molecular formula is C19H22FN3O. The van der Waals surface area contributed by atoms with Gasteiger partial charge in [-0.2, -0.15) is 0 Å². The van der Waals surface area contributed by atoms with Crippen molar-refractivity contribution in [3.8, 4) is 11.4 Å². The fourth-order valence-electron chi connectivity index (χ4n) is 2.35. The molecule has 0 aliphatic rings. The first kappa shape index (κ1) is 17.8. The number of hydrogen-bond donors (Lipinski definition) is 0. The fourth-order valence-corrected chi connectivity index (χ4v) is 2.35. The van der Waals surface area contributed by atoms with Crippen LogP contribution in [0.4, 0.5) is 4.39 Å². The number of halogens is 1. The second-order valence-electron chi connectivity index (χ2n) is 5.65. The van der Waals surface area contributed by atoms with Gasteiger partial charge in [0, 0.05) is 31.5 Å². The normalized spacial score (nSPS) is 11.0. The van der Waals surface area contributed by atoms with E-state index in [1.807, 2.05) is 19.3 Å². The molecule has 0 amide bonds. The second kappa shape index (κ2) is 8.91. The second-order valence-corrected chi connectivity index (χ2v) is 5.65. The molecule has 0 spiro atoms. The first-order valence-electron chi connectivity index (χ1n) is 8.10. The van der Waals surface area contributed by atoms with Gasteiger partial charge in [-0.1, -0.05) is 19.8 Å². The number of benzene rings is 1. The Labute approximate surface area is 142 Å². The van der Waals surface area contributed by atoms with Crippen LogP contribution in [0.5, 0.6) is 0 Å². The number of aldehydes is 1. The largest absolute Gasteiger partial charge is 0.380 e. The minimum atomic E-state index is -0.503. The molecule has 0 saturated heterocycles. The van der Waals surface area contributed by atoms with Crippen LogP contribution >= 0.6 is 0 Å². The fraction of sp³-hybridized carbons (Fsp3) is 0.316. The lowest BCUT2D eigenvalue weighted by molar-refractivity contribution is 0.112. The molecule has 1 aromatic carbocycles. The Kier molecular flexibility index (Phi) is 6.61. The topological polar surface area (TPSA) is 46.1 Å². The third-order valence-electron chi connectivity index (χ3n) is 3.73. The number of rotatable bonds is 8. The lowest BCUT2D eigenvalue weighted by Gasteiger charge is -2.13. The molecule has 0 unspecified atom stereocenters. The summed E-state index contributed by atoms with van der Waals surface area (Å²) in [7, 11) is 1.98. The van der Waals surface area contributed by atoms with Gasteiger partial charge in [0.15, 0.2) is 12.1 Å². The van der Waals surface area contributed by atoms with E-state index in [1.54, 1.807) is 24.5 Å². The summed E-state index contributed by atoms with van der Waals surface area (Å²) in [6.07, 6.45) is 11.0. The summed E-state index contributed by atoms with van der Waals surface area (Å²) in [6, 6.07) is 4.52. The smallest absolute Gasteiger partial charge is 0.162 e. The molecule has 2 rings (SSSR count). The maximum atomic E-state index is 14.2. The summed E-state index contributed by atoms with van der Waals surface area (Å²) in [6.45, 7) is 3.11. The zero-order valence-corrected chi connectivity index (χ0v) is 14.1. The Hall–Kier alpha value is -2.56. The zero-order chi connectivity index (χ0) is 17.4. The molecule has 0 atom stereocenters. The van der Waals surface area contributed by atoms with Gasteiger partial charge in [0.1, 0.15) is 5.82 Å². The van der Waals surface area contributed by atoms with Crippen LogP contribution in [-0.2, 0) is 0 Å². The van der Waals surface area contributed by atoms with Gasteiger partial charge in [0.05, 0.1) is 5.56 Å². The van der Waals surface area contributed by atoms with E-state index in [0.29, 0.717) is 23.2 Å². The minimum Gasteiger partial charge on any atom is -0.380 e. The molecule has 24 heavy (non-hydrogen) atoms. The molecule has 1 heterocycles. The Balaban J connectivity index is 2.26. The molecule has 1 aromatic heterocycles. The first-order chi connectivity index (χ1) is 11.7. The van der Waals surface area contributed by atoms with E-state index in [4.69, 9.17) is 0 Å². The van der Waals surface area contributed by atoms with Gasteiger partial charge >= 0.3 is 0 Å². The molecule has 0 aliphatic carbocycles. The van der Waals surface area contributed by atoms with E-state index < -0.39 is 5.82 Å². The Morgan fingerprint density at radius 3 is 2.58 bits per heavy atom. The highest BCUT2D eigenvalue weighted by Crippen LogP contribution is 2.23. The minimum absolute atomic E-state index is 0.287. The summed E-state index contributed by atoms with van der Waals surface area (Å²) >= 11 is 0. The highest BCUT2D eigenvalue weighted by atomic mass is 19.1. The zero-order valence-electron chi connectivity index (χ0n) is 14.1. The van der Waals surface area contributed by atoms with E-state index in [0.717, 1.165) is 13.0 Å². The van der Waals surface area contributed by atoms with E-state index in [2.05, 4.69) is 21.8 Å². The van der Waals surface area contributed by atoms with Crippen molar-refractivity contribution < 1.29 is 9.18 Å². The van der Waals surface area contributed by atoms with Gasteiger partial charge in [0.25, 0.3) is 0 Å². The van der Waals surface area contributed by atoms with Crippen LogP contribution in [0.15, 0.2) is 36.8 Å². The number of unbranched alkanes of at least 4 members (excludes halogenated alkanes) is 2. The quantitative estimate of drug-likeness (QED) is 0.539. The Bertz CT molecular complexity index is 701. The molecule has 0 saturated carbocycles. The first-order valence-corrected chi connectivity index (χ1v) is 8.10. The third kappa shape index (κ3) is 4.72. The van der Waals surface area contributed by atoms with Crippen LogP contribution < -0.4 is 0 Å². The molecule has 0 fully saturated rings. The summed E-state index contributed by atoms with van der Waals surface area (Å²) in [4.78, 5) is 21.5. The number of hydrogen-bond acceptors (Lipinski definition) is 4. The van der Waals surface area contributed by atoms with Crippen LogP contribution in [0.1, 0.15) is 42.1 Å². The van der Waals surface area contributed by atoms with E-state index >= 15 is 0 Å². The lowest BCUT2D eigenvalue weighted by atomic mass is 10.0.